The number of hydrogen-bond donors (Lipinski definition) is 2. The van der Waals surface area contributed by atoms with E-state index in [1.807, 2.05) is 0 Å². The van der Waals surface area contributed by atoms with Crippen LogP contribution in [0.4, 0.5) is 0 Å². The van der Waals surface area contributed by atoms with Crippen LogP contribution in [0, 0.1) is 5.92 Å². The number of aromatic amines is 1. The van der Waals surface area contributed by atoms with Crippen LogP contribution in [0.2, 0.25) is 0 Å². The van der Waals surface area contributed by atoms with Gasteiger partial charge in [0, 0.05) is 12.1 Å². The van der Waals surface area contributed by atoms with Crippen molar-refractivity contribution >= 4 is 11.8 Å². The van der Waals surface area contributed by atoms with Gasteiger partial charge in [0.05, 0.1) is 12.1 Å². The van der Waals surface area contributed by atoms with Gasteiger partial charge in [0.2, 0.25) is 0 Å². The molecular weight excluding hydrogens is 170 g/mol. The number of aliphatic carboxylic acids is 1. The van der Waals surface area contributed by atoms with E-state index in [0.29, 0.717) is 5.69 Å². The lowest BCUT2D eigenvalue weighted by atomic mass is 10.0. The molecule has 1 aromatic rings. The Morgan fingerprint density at radius 1 is 1.62 bits per heavy atom. The Kier molecular flexibility index (Phi) is 2.84. The van der Waals surface area contributed by atoms with Gasteiger partial charge in [-0.25, -0.2) is 0 Å². The Bertz CT molecular complexity index is 303. The first-order chi connectivity index (χ1) is 6.11. The number of carbonyl (C=O) groups is 2. The number of carboxylic acid groups (broad SMARTS) is 1. The predicted octanol–water partition coefficient (Wildman–Crippen LogP) is 1.31. The summed E-state index contributed by atoms with van der Waals surface area (Å²) in [7, 11) is 0. The molecule has 0 bridgehead atoms. The fourth-order valence-corrected chi connectivity index (χ4v) is 1.10. The molecular formula is C9H11NO3. The number of rotatable bonds is 4. The zero-order valence-electron chi connectivity index (χ0n) is 7.28. The average Bonchev–Trinajstić information content (AvgIpc) is 2.53. The molecule has 0 saturated heterocycles. The Labute approximate surface area is 75.6 Å². The molecule has 0 saturated carbocycles. The van der Waals surface area contributed by atoms with E-state index in [2.05, 4.69) is 4.98 Å². The number of carboxylic acids is 1. The van der Waals surface area contributed by atoms with Crippen LogP contribution >= 0.6 is 0 Å². The maximum Gasteiger partial charge on any atom is 0.304 e. The van der Waals surface area contributed by atoms with Crippen LogP contribution in [0.25, 0.3) is 0 Å². The van der Waals surface area contributed by atoms with Gasteiger partial charge in [-0.2, -0.15) is 0 Å². The highest BCUT2D eigenvalue weighted by Gasteiger charge is 2.18. The molecule has 4 nitrogen and oxygen atoms in total. The molecule has 0 amide bonds. The second-order valence-corrected chi connectivity index (χ2v) is 2.95. The lowest BCUT2D eigenvalue weighted by Crippen LogP contribution is -2.15. The molecule has 0 aliphatic rings. The molecule has 1 heterocycles. The van der Waals surface area contributed by atoms with Crippen molar-refractivity contribution in [1.82, 2.24) is 4.98 Å². The van der Waals surface area contributed by atoms with E-state index < -0.39 is 11.9 Å². The normalized spacial score (nSPS) is 12.4. The second kappa shape index (κ2) is 3.89. The highest BCUT2D eigenvalue weighted by Crippen LogP contribution is 2.09. The summed E-state index contributed by atoms with van der Waals surface area (Å²) in [6.07, 6.45) is 1.51. The Morgan fingerprint density at radius 3 is 2.77 bits per heavy atom. The SMILES string of the molecule is CC(CC(=O)O)C(=O)c1ccc[nH]1. The quantitative estimate of drug-likeness (QED) is 0.688. The first kappa shape index (κ1) is 9.51. The molecule has 0 radical (unpaired) electrons. The molecule has 0 aliphatic carbocycles. The molecule has 0 aliphatic heterocycles. The van der Waals surface area contributed by atoms with Gasteiger partial charge >= 0.3 is 5.97 Å². The van der Waals surface area contributed by atoms with Gasteiger partial charge in [-0.15, -0.1) is 0 Å². The number of hydrogen-bond acceptors (Lipinski definition) is 2. The fourth-order valence-electron chi connectivity index (χ4n) is 1.10. The number of carbonyl (C=O) groups excluding carboxylic acids is 1. The summed E-state index contributed by atoms with van der Waals surface area (Å²) in [6, 6.07) is 3.35. The zero-order chi connectivity index (χ0) is 9.84. The van der Waals surface area contributed by atoms with Crippen LogP contribution in [0.1, 0.15) is 23.8 Å². The molecule has 1 aromatic heterocycles. The van der Waals surface area contributed by atoms with E-state index in [0.717, 1.165) is 0 Å². The van der Waals surface area contributed by atoms with Crippen molar-refractivity contribution in [3.8, 4) is 0 Å². The summed E-state index contributed by atoms with van der Waals surface area (Å²) in [5.74, 6) is -1.59. The third kappa shape index (κ3) is 2.43. The third-order valence-electron chi connectivity index (χ3n) is 1.79. The van der Waals surface area contributed by atoms with Gasteiger partial charge in [0.25, 0.3) is 0 Å². The van der Waals surface area contributed by atoms with Crippen molar-refractivity contribution in [2.24, 2.45) is 5.92 Å². The standard InChI is InChI=1S/C9H11NO3/c1-6(5-8(11)12)9(13)7-3-2-4-10-7/h2-4,6,10H,5H2,1H3,(H,11,12). The van der Waals surface area contributed by atoms with E-state index in [4.69, 9.17) is 5.11 Å². The van der Waals surface area contributed by atoms with Crippen molar-refractivity contribution in [3.63, 3.8) is 0 Å². The van der Waals surface area contributed by atoms with Crippen LogP contribution in [0.15, 0.2) is 18.3 Å². The van der Waals surface area contributed by atoms with Crippen molar-refractivity contribution in [2.45, 2.75) is 13.3 Å². The molecule has 0 aromatic carbocycles. The highest BCUT2D eigenvalue weighted by molar-refractivity contribution is 5.97. The van der Waals surface area contributed by atoms with Crippen molar-refractivity contribution in [2.75, 3.05) is 0 Å². The van der Waals surface area contributed by atoms with Gasteiger partial charge in [0.1, 0.15) is 0 Å². The maximum atomic E-state index is 11.4. The summed E-state index contributed by atoms with van der Waals surface area (Å²) in [4.78, 5) is 24.5. The summed E-state index contributed by atoms with van der Waals surface area (Å²) < 4.78 is 0. The molecule has 0 fully saturated rings. The lowest BCUT2D eigenvalue weighted by molar-refractivity contribution is -0.137. The maximum absolute atomic E-state index is 11.4. The first-order valence-electron chi connectivity index (χ1n) is 4.00. The van der Waals surface area contributed by atoms with Crippen molar-refractivity contribution in [1.29, 1.82) is 0 Å². The average molecular weight is 181 g/mol. The van der Waals surface area contributed by atoms with E-state index >= 15 is 0 Å². The minimum absolute atomic E-state index is 0.127. The molecule has 2 N–H and O–H groups in total. The van der Waals surface area contributed by atoms with E-state index in [1.54, 1.807) is 25.3 Å². The van der Waals surface area contributed by atoms with Crippen molar-refractivity contribution < 1.29 is 14.7 Å². The Balaban J connectivity index is 2.63. The van der Waals surface area contributed by atoms with Crippen molar-refractivity contribution in [3.05, 3.63) is 24.0 Å². The Morgan fingerprint density at radius 2 is 2.31 bits per heavy atom. The number of nitrogens with one attached hydrogen (secondary N) is 1. The second-order valence-electron chi connectivity index (χ2n) is 2.95. The number of H-pyrrole nitrogens is 1. The van der Waals surface area contributed by atoms with Gasteiger partial charge in [-0.1, -0.05) is 6.92 Å². The third-order valence-corrected chi connectivity index (χ3v) is 1.79. The first-order valence-corrected chi connectivity index (χ1v) is 4.00. The lowest BCUT2D eigenvalue weighted by Gasteiger charge is -2.04. The van der Waals surface area contributed by atoms with Crippen LogP contribution in [-0.4, -0.2) is 21.8 Å². The number of Topliss-reactive ketones (excluding diaryl/α,β-unsaturated/α-hetero) is 1. The highest BCUT2D eigenvalue weighted by atomic mass is 16.4. The minimum atomic E-state index is -0.951. The molecule has 1 rings (SSSR count). The largest absolute Gasteiger partial charge is 0.481 e. The zero-order valence-corrected chi connectivity index (χ0v) is 7.28. The molecule has 70 valence electrons. The minimum Gasteiger partial charge on any atom is -0.481 e. The molecule has 0 spiro atoms. The van der Waals surface area contributed by atoms with E-state index in [1.165, 1.54) is 0 Å². The Hall–Kier alpha value is -1.58. The van der Waals surface area contributed by atoms with E-state index in [9.17, 15) is 9.59 Å². The number of aromatic nitrogens is 1. The topological polar surface area (TPSA) is 70.2 Å². The fraction of sp³-hybridized carbons (Fsp3) is 0.333. The summed E-state index contributed by atoms with van der Waals surface area (Å²) in [5, 5.41) is 8.47. The predicted molar refractivity (Wildman–Crippen MR) is 46.5 cm³/mol. The summed E-state index contributed by atoms with van der Waals surface area (Å²) in [5.41, 5.74) is 0.466. The van der Waals surface area contributed by atoms with Gasteiger partial charge in [-0.3, -0.25) is 9.59 Å². The number of ketones is 1. The smallest absolute Gasteiger partial charge is 0.304 e. The summed E-state index contributed by atoms with van der Waals surface area (Å²) in [6.45, 7) is 1.61. The molecule has 1 unspecified atom stereocenters. The monoisotopic (exact) mass is 181 g/mol. The van der Waals surface area contributed by atoms with E-state index in [-0.39, 0.29) is 12.2 Å². The van der Waals surface area contributed by atoms with Crippen LogP contribution in [0.3, 0.4) is 0 Å². The van der Waals surface area contributed by atoms with Crippen LogP contribution < -0.4 is 0 Å². The van der Waals surface area contributed by atoms with Crippen LogP contribution in [-0.2, 0) is 4.79 Å². The van der Waals surface area contributed by atoms with Gasteiger partial charge in [0.15, 0.2) is 5.78 Å². The molecule has 13 heavy (non-hydrogen) atoms. The van der Waals surface area contributed by atoms with Gasteiger partial charge in [-0.05, 0) is 12.1 Å². The van der Waals surface area contributed by atoms with Gasteiger partial charge < -0.3 is 10.1 Å². The molecule has 4 heteroatoms. The molecule has 1 atom stereocenters. The summed E-state index contributed by atoms with van der Waals surface area (Å²) >= 11 is 0. The van der Waals surface area contributed by atoms with Crippen LogP contribution in [0.5, 0.6) is 0 Å².